The van der Waals surface area contributed by atoms with Crippen LogP contribution in [0, 0.1) is 0 Å². The van der Waals surface area contributed by atoms with Crippen molar-refractivity contribution < 1.29 is 9.53 Å². The Morgan fingerprint density at radius 3 is 3.07 bits per heavy atom. The van der Waals surface area contributed by atoms with Gasteiger partial charge in [0.25, 0.3) is 0 Å². The van der Waals surface area contributed by atoms with Gasteiger partial charge < -0.3 is 10.1 Å². The maximum absolute atomic E-state index is 11.4. The Morgan fingerprint density at radius 2 is 2.33 bits per heavy atom. The lowest BCUT2D eigenvalue weighted by Crippen LogP contribution is -2.25. The Labute approximate surface area is 92.7 Å². The maximum atomic E-state index is 11.4. The molecule has 0 bridgehead atoms. The molecule has 0 aliphatic carbocycles. The highest BCUT2D eigenvalue weighted by Crippen LogP contribution is 2.29. The van der Waals surface area contributed by atoms with Gasteiger partial charge >= 0.3 is 0 Å². The summed E-state index contributed by atoms with van der Waals surface area (Å²) in [4.78, 5) is 11.4. The van der Waals surface area contributed by atoms with Crippen LogP contribution in [-0.2, 0) is 4.79 Å². The van der Waals surface area contributed by atoms with Crippen LogP contribution in [0.15, 0.2) is 23.8 Å². The van der Waals surface area contributed by atoms with E-state index in [1.165, 1.54) is 0 Å². The smallest absolute Gasteiger partial charge is 0.250 e. The van der Waals surface area contributed by atoms with E-state index < -0.39 is 0 Å². The van der Waals surface area contributed by atoms with E-state index in [2.05, 4.69) is 5.32 Å². The van der Waals surface area contributed by atoms with E-state index in [4.69, 9.17) is 16.3 Å². The molecule has 1 amide bonds. The Kier molecular flexibility index (Phi) is 2.64. The minimum absolute atomic E-state index is 0.115. The lowest BCUT2D eigenvalue weighted by Gasteiger charge is -2.17. The van der Waals surface area contributed by atoms with Crippen molar-refractivity contribution in [3.8, 4) is 5.75 Å². The van der Waals surface area contributed by atoms with Gasteiger partial charge in [-0.3, -0.25) is 4.79 Å². The van der Waals surface area contributed by atoms with Gasteiger partial charge in [-0.1, -0.05) is 11.6 Å². The molecule has 1 heterocycles. The monoisotopic (exact) mass is 223 g/mol. The van der Waals surface area contributed by atoms with Crippen molar-refractivity contribution in [3.63, 3.8) is 0 Å². The number of likely N-dealkylation sites (N-methyl/N-ethyl adjacent to an activating group) is 1. The van der Waals surface area contributed by atoms with E-state index in [9.17, 15) is 4.79 Å². The van der Waals surface area contributed by atoms with Crippen molar-refractivity contribution >= 4 is 23.6 Å². The third kappa shape index (κ3) is 1.97. The second kappa shape index (κ2) is 3.95. The summed E-state index contributed by atoms with van der Waals surface area (Å²) < 4.78 is 5.43. The molecule has 4 heteroatoms. The second-order valence-corrected chi connectivity index (χ2v) is 3.66. The van der Waals surface area contributed by atoms with Crippen LogP contribution < -0.4 is 10.1 Å². The van der Waals surface area contributed by atoms with Crippen molar-refractivity contribution in [2.75, 3.05) is 13.7 Å². The van der Waals surface area contributed by atoms with Crippen molar-refractivity contribution in [1.82, 2.24) is 5.32 Å². The van der Waals surface area contributed by atoms with Crippen LogP contribution in [0.2, 0.25) is 5.02 Å². The molecule has 15 heavy (non-hydrogen) atoms. The van der Waals surface area contributed by atoms with Crippen LogP contribution in [0.3, 0.4) is 0 Å². The number of halogens is 1. The zero-order valence-corrected chi connectivity index (χ0v) is 8.97. The van der Waals surface area contributed by atoms with Crippen LogP contribution in [0.1, 0.15) is 5.56 Å². The molecule has 0 fully saturated rings. The van der Waals surface area contributed by atoms with Crippen LogP contribution in [0.4, 0.5) is 0 Å². The van der Waals surface area contributed by atoms with Crippen molar-refractivity contribution in [3.05, 3.63) is 34.4 Å². The van der Waals surface area contributed by atoms with Gasteiger partial charge in [0.1, 0.15) is 12.4 Å². The van der Waals surface area contributed by atoms with E-state index in [0.29, 0.717) is 10.6 Å². The number of amides is 1. The first-order valence-corrected chi connectivity index (χ1v) is 4.93. The highest BCUT2D eigenvalue weighted by atomic mass is 35.5. The second-order valence-electron chi connectivity index (χ2n) is 3.22. The third-order valence-corrected chi connectivity index (χ3v) is 2.44. The Morgan fingerprint density at radius 1 is 1.53 bits per heavy atom. The van der Waals surface area contributed by atoms with Gasteiger partial charge in [0.05, 0.1) is 5.57 Å². The number of hydrogen-bond donors (Lipinski definition) is 1. The molecule has 0 aromatic heterocycles. The summed E-state index contributed by atoms with van der Waals surface area (Å²) in [5.41, 5.74) is 1.50. The van der Waals surface area contributed by atoms with E-state index >= 15 is 0 Å². The highest BCUT2D eigenvalue weighted by Gasteiger charge is 2.16. The van der Waals surface area contributed by atoms with Crippen molar-refractivity contribution in [1.29, 1.82) is 0 Å². The molecule has 0 atom stereocenters. The molecule has 0 spiro atoms. The normalized spacial score (nSPS) is 13.6. The van der Waals surface area contributed by atoms with E-state index in [1.807, 2.05) is 12.1 Å². The van der Waals surface area contributed by atoms with Gasteiger partial charge in [0, 0.05) is 17.6 Å². The third-order valence-electron chi connectivity index (χ3n) is 2.21. The molecular formula is C11H10ClNO2. The summed E-state index contributed by atoms with van der Waals surface area (Å²) in [5.74, 6) is 0.603. The number of carbonyl (C=O) groups is 1. The molecule has 78 valence electrons. The lowest BCUT2D eigenvalue weighted by atomic mass is 10.1. The number of ether oxygens (including phenoxy) is 1. The Bertz CT molecular complexity index is 440. The van der Waals surface area contributed by atoms with Gasteiger partial charge in [-0.05, 0) is 24.3 Å². The summed E-state index contributed by atoms with van der Waals surface area (Å²) in [6, 6.07) is 5.35. The lowest BCUT2D eigenvalue weighted by molar-refractivity contribution is -0.117. The number of nitrogens with one attached hydrogen (secondary N) is 1. The summed E-state index contributed by atoms with van der Waals surface area (Å²) in [5, 5.41) is 3.19. The summed E-state index contributed by atoms with van der Waals surface area (Å²) in [6.45, 7) is 0.285. The summed E-state index contributed by atoms with van der Waals surface area (Å²) in [7, 11) is 1.60. The average Bonchev–Trinajstić information content (AvgIpc) is 2.27. The molecule has 0 unspecified atom stereocenters. The predicted octanol–water partition coefficient (Wildman–Crippen LogP) is 1.86. The first-order valence-electron chi connectivity index (χ1n) is 4.55. The number of carbonyl (C=O) groups excluding carboxylic acids is 1. The fraction of sp³-hybridized carbons (Fsp3) is 0.182. The van der Waals surface area contributed by atoms with Gasteiger partial charge in [-0.2, -0.15) is 0 Å². The van der Waals surface area contributed by atoms with Gasteiger partial charge in [0.15, 0.2) is 0 Å². The van der Waals surface area contributed by atoms with Crippen LogP contribution in [0.5, 0.6) is 5.75 Å². The largest absolute Gasteiger partial charge is 0.488 e. The molecular weight excluding hydrogens is 214 g/mol. The van der Waals surface area contributed by atoms with Gasteiger partial charge in [0.2, 0.25) is 5.91 Å². The van der Waals surface area contributed by atoms with Crippen LogP contribution in [-0.4, -0.2) is 19.6 Å². The number of fused-ring (bicyclic) bond motifs is 1. The van der Waals surface area contributed by atoms with Crippen molar-refractivity contribution in [2.24, 2.45) is 0 Å². The summed E-state index contributed by atoms with van der Waals surface area (Å²) >= 11 is 5.82. The number of hydrogen-bond acceptors (Lipinski definition) is 2. The fourth-order valence-electron chi connectivity index (χ4n) is 1.43. The molecule has 1 aliphatic rings. The van der Waals surface area contributed by atoms with Crippen LogP contribution in [0.25, 0.3) is 6.08 Å². The van der Waals surface area contributed by atoms with E-state index in [1.54, 1.807) is 19.2 Å². The number of rotatable bonds is 1. The fourth-order valence-corrected chi connectivity index (χ4v) is 1.59. The zero-order chi connectivity index (χ0) is 10.8. The molecule has 1 aliphatic heterocycles. The highest BCUT2D eigenvalue weighted by molar-refractivity contribution is 6.30. The molecule has 3 nitrogen and oxygen atoms in total. The predicted molar refractivity (Wildman–Crippen MR) is 59.0 cm³/mol. The molecule has 0 saturated heterocycles. The molecule has 0 radical (unpaired) electrons. The van der Waals surface area contributed by atoms with Gasteiger partial charge in [-0.25, -0.2) is 0 Å². The van der Waals surface area contributed by atoms with E-state index in [0.717, 1.165) is 11.3 Å². The minimum Gasteiger partial charge on any atom is -0.488 e. The van der Waals surface area contributed by atoms with Gasteiger partial charge in [-0.15, -0.1) is 0 Å². The van der Waals surface area contributed by atoms with E-state index in [-0.39, 0.29) is 12.5 Å². The molecule has 2 rings (SSSR count). The molecule has 1 N–H and O–H groups in total. The molecule has 1 aromatic rings. The number of benzene rings is 1. The first-order chi connectivity index (χ1) is 7.20. The topological polar surface area (TPSA) is 38.3 Å². The molecule has 0 saturated carbocycles. The quantitative estimate of drug-likeness (QED) is 0.789. The maximum Gasteiger partial charge on any atom is 0.250 e. The SMILES string of the molecule is CNC(=O)C1=Cc2ccc(Cl)cc2OC1. The Hall–Kier alpha value is -1.48. The summed E-state index contributed by atoms with van der Waals surface area (Å²) in [6.07, 6.45) is 1.81. The average molecular weight is 224 g/mol. The molecule has 1 aromatic carbocycles. The standard InChI is InChI=1S/C11H10ClNO2/c1-13-11(14)8-4-7-2-3-9(12)5-10(7)15-6-8/h2-5H,6H2,1H3,(H,13,14). The first kappa shape index (κ1) is 10.1. The minimum atomic E-state index is -0.115. The zero-order valence-electron chi connectivity index (χ0n) is 8.21. The van der Waals surface area contributed by atoms with Crippen molar-refractivity contribution in [2.45, 2.75) is 0 Å². The van der Waals surface area contributed by atoms with Crippen LogP contribution >= 0.6 is 11.6 Å². The Balaban J connectivity index is 2.37.